The summed E-state index contributed by atoms with van der Waals surface area (Å²) in [6, 6.07) is 0. The summed E-state index contributed by atoms with van der Waals surface area (Å²) in [4.78, 5) is 0. The fourth-order valence-electron chi connectivity index (χ4n) is 1.51. The summed E-state index contributed by atoms with van der Waals surface area (Å²) in [5.74, 6) is 0.596. The molecule has 18 heavy (non-hydrogen) atoms. The van der Waals surface area contributed by atoms with Gasteiger partial charge in [0.15, 0.2) is 0 Å². The van der Waals surface area contributed by atoms with Crippen molar-refractivity contribution in [1.29, 1.82) is 0 Å². The lowest BCUT2D eigenvalue weighted by molar-refractivity contribution is 0.182. The Bertz CT molecular complexity index is 505. The molecule has 0 aliphatic carbocycles. The Morgan fingerprint density at radius 1 is 1.33 bits per heavy atom. The molecule has 0 aliphatic heterocycles. The van der Waals surface area contributed by atoms with E-state index in [9.17, 15) is 8.42 Å². The minimum atomic E-state index is -3.89. The number of methoxy groups -OCH3 is 1. The van der Waals surface area contributed by atoms with Crippen LogP contribution in [-0.4, -0.2) is 36.9 Å². The van der Waals surface area contributed by atoms with Gasteiger partial charge in [-0.25, -0.2) is 8.42 Å². The van der Waals surface area contributed by atoms with Crippen molar-refractivity contribution in [3.63, 3.8) is 0 Å². The Balaban J connectivity index is 3.15. The van der Waals surface area contributed by atoms with Crippen LogP contribution in [0.2, 0.25) is 0 Å². The fourth-order valence-corrected chi connectivity index (χ4v) is 2.45. The van der Waals surface area contributed by atoms with Crippen LogP contribution >= 0.6 is 10.7 Å². The fraction of sp³-hybridized carbons (Fsp3) is 0.800. The smallest absolute Gasteiger partial charge is 0.296 e. The van der Waals surface area contributed by atoms with Crippen LogP contribution in [0.3, 0.4) is 0 Å². The Morgan fingerprint density at radius 3 is 2.39 bits per heavy atom. The molecule has 1 rings (SSSR count). The average molecular weight is 296 g/mol. The van der Waals surface area contributed by atoms with Gasteiger partial charge in [0.1, 0.15) is 5.82 Å². The molecule has 0 fully saturated rings. The van der Waals surface area contributed by atoms with E-state index in [0.29, 0.717) is 25.4 Å². The maximum atomic E-state index is 11.4. The zero-order valence-corrected chi connectivity index (χ0v) is 12.5. The molecule has 1 aromatic heterocycles. The first-order chi connectivity index (χ1) is 8.15. The van der Waals surface area contributed by atoms with Crippen LogP contribution in [0.4, 0.5) is 0 Å². The number of ether oxygens (including phenoxy) is 1. The highest BCUT2D eigenvalue weighted by molar-refractivity contribution is 8.13. The van der Waals surface area contributed by atoms with Crippen LogP contribution in [0.25, 0.3) is 0 Å². The Labute approximate surface area is 112 Å². The van der Waals surface area contributed by atoms with Gasteiger partial charge in [-0.2, -0.15) is 0 Å². The molecule has 0 amide bonds. The van der Waals surface area contributed by atoms with E-state index in [0.717, 1.165) is 0 Å². The summed E-state index contributed by atoms with van der Waals surface area (Å²) in [6.45, 7) is 6.84. The van der Waals surface area contributed by atoms with Crippen molar-refractivity contribution in [2.75, 3.05) is 13.7 Å². The number of hydrogen-bond donors (Lipinski definition) is 0. The normalized spacial score (nSPS) is 12.9. The minimum absolute atomic E-state index is 0.0226. The quantitative estimate of drug-likeness (QED) is 0.769. The first-order valence-electron chi connectivity index (χ1n) is 5.51. The Morgan fingerprint density at radius 2 is 1.94 bits per heavy atom. The largest absolute Gasteiger partial charge is 0.383 e. The number of halogens is 1. The van der Waals surface area contributed by atoms with Crippen molar-refractivity contribution in [3.05, 3.63) is 5.82 Å². The van der Waals surface area contributed by atoms with Crippen molar-refractivity contribution in [2.24, 2.45) is 5.41 Å². The van der Waals surface area contributed by atoms with Crippen molar-refractivity contribution >= 4 is 19.7 Å². The molecule has 0 saturated carbocycles. The molecule has 0 atom stereocenters. The third-order valence-corrected chi connectivity index (χ3v) is 3.37. The molecule has 0 bridgehead atoms. The molecule has 1 heterocycles. The van der Waals surface area contributed by atoms with Gasteiger partial charge >= 0.3 is 0 Å². The highest BCUT2D eigenvalue weighted by Gasteiger charge is 2.24. The third kappa shape index (κ3) is 4.22. The van der Waals surface area contributed by atoms with Crippen molar-refractivity contribution < 1.29 is 13.2 Å². The zero-order valence-electron chi connectivity index (χ0n) is 11.0. The molecular weight excluding hydrogens is 278 g/mol. The van der Waals surface area contributed by atoms with E-state index in [2.05, 4.69) is 10.2 Å². The molecule has 0 N–H and O–H groups in total. The van der Waals surface area contributed by atoms with Crippen molar-refractivity contribution in [1.82, 2.24) is 14.8 Å². The maximum absolute atomic E-state index is 11.4. The Kier molecular flexibility index (Phi) is 4.74. The molecular formula is C10H18ClN3O3S. The monoisotopic (exact) mass is 295 g/mol. The summed E-state index contributed by atoms with van der Waals surface area (Å²) in [5.41, 5.74) is -0.0226. The molecule has 8 heteroatoms. The second-order valence-electron chi connectivity index (χ2n) is 5.22. The number of aromatic nitrogens is 3. The molecule has 0 unspecified atom stereocenters. The summed E-state index contributed by atoms with van der Waals surface area (Å²) in [5, 5.41) is 7.35. The highest BCUT2D eigenvalue weighted by Crippen LogP contribution is 2.22. The summed E-state index contributed by atoms with van der Waals surface area (Å²) >= 11 is 0. The van der Waals surface area contributed by atoms with Gasteiger partial charge in [0, 0.05) is 30.8 Å². The van der Waals surface area contributed by atoms with Crippen LogP contribution in [0, 0.1) is 5.41 Å². The second-order valence-corrected chi connectivity index (χ2v) is 7.68. The lowest BCUT2D eigenvalue weighted by Crippen LogP contribution is -2.18. The van der Waals surface area contributed by atoms with E-state index < -0.39 is 9.05 Å². The van der Waals surface area contributed by atoms with E-state index >= 15 is 0 Å². The minimum Gasteiger partial charge on any atom is -0.383 e. The topological polar surface area (TPSA) is 74.1 Å². The van der Waals surface area contributed by atoms with Gasteiger partial charge < -0.3 is 4.74 Å². The van der Waals surface area contributed by atoms with Crippen LogP contribution in [0.1, 0.15) is 26.6 Å². The molecule has 0 spiro atoms. The average Bonchev–Trinajstić information content (AvgIpc) is 2.54. The number of hydrogen-bond acceptors (Lipinski definition) is 5. The van der Waals surface area contributed by atoms with Crippen LogP contribution in [-0.2, 0) is 26.8 Å². The predicted octanol–water partition coefficient (Wildman–Crippen LogP) is 1.44. The first kappa shape index (κ1) is 15.4. The van der Waals surface area contributed by atoms with Crippen molar-refractivity contribution in [2.45, 2.75) is 38.9 Å². The highest BCUT2D eigenvalue weighted by atomic mass is 35.7. The van der Waals surface area contributed by atoms with E-state index in [1.165, 1.54) is 4.57 Å². The first-order valence-corrected chi connectivity index (χ1v) is 7.82. The molecule has 104 valence electrons. The van der Waals surface area contributed by atoms with Crippen molar-refractivity contribution in [3.8, 4) is 0 Å². The van der Waals surface area contributed by atoms with Gasteiger partial charge in [-0.1, -0.05) is 20.8 Å². The number of nitrogens with zero attached hydrogens (tertiary/aromatic N) is 3. The molecule has 1 aromatic rings. The zero-order chi connectivity index (χ0) is 14.0. The summed E-state index contributed by atoms with van der Waals surface area (Å²) < 4.78 is 29.2. The van der Waals surface area contributed by atoms with Gasteiger partial charge in [-0.15, -0.1) is 10.2 Å². The van der Waals surface area contributed by atoms with E-state index in [1.54, 1.807) is 7.11 Å². The van der Waals surface area contributed by atoms with Gasteiger partial charge in [0.25, 0.3) is 14.2 Å². The van der Waals surface area contributed by atoms with Gasteiger partial charge in [0.2, 0.25) is 0 Å². The van der Waals surface area contributed by atoms with Crippen LogP contribution in [0.5, 0.6) is 0 Å². The van der Waals surface area contributed by atoms with Crippen LogP contribution < -0.4 is 0 Å². The van der Waals surface area contributed by atoms with Gasteiger partial charge in [0.05, 0.1) is 6.61 Å². The summed E-state index contributed by atoms with van der Waals surface area (Å²) in [7, 11) is 2.99. The molecule has 0 aliphatic rings. The molecule has 6 nitrogen and oxygen atoms in total. The van der Waals surface area contributed by atoms with E-state index in [4.69, 9.17) is 15.4 Å². The lowest BCUT2D eigenvalue weighted by Gasteiger charge is -2.18. The van der Waals surface area contributed by atoms with Crippen LogP contribution in [0.15, 0.2) is 5.16 Å². The number of rotatable bonds is 5. The Hall–Kier alpha value is -0.660. The van der Waals surface area contributed by atoms with E-state index in [1.807, 2.05) is 20.8 Å². The molecule has 0 aromatic carbocycles. The molecule has 0 saturated heterocycles. The standard InChI is InChI=1S/C10H18ClN3O3S/c1-10(2,3)7-8-12-13-9(18(11,15)16)14(8)5-6-17-4/h5-7H2,1-4H3. The second kappa shape index (κ2) is 5.54. The summed E-state index contributed by atoms with van der Waals surface area (Å²) in [6.07, 6.45) is 0.607. The SMILES string of the molecule is COCCn1c(CC(C)(C)C)nnc1S(=O)(=O)Cl. The lowest BCUT2D eigenvalue weighted by atomic mass is 9.92. The third-order valence-electron chi connectivity index (χ3n) is 2.22. The maximum Gasteiger partial charge on any atom is 0.296 e. The van der Waals surface area contributed by atoms with Gasteiger partial charge in [-0.3, -0.25) is 4.57 Å². The predicted molar refractivity (Wildman–Crippen MR) is 68.1 cm³/mol. The molecule has 0 radical (unpaired) electrons. The van der Waals surface area contributed by atoms with Gasteiger partial charge in [-0.05, 0) is 5.41 Å². The van der Waals surface area contributed by atoms with E-state index in [-0.39, 0.29) is 10.6 Å².